The van der Waals surface area contributed by atoms with E-state index < -0.39 is 0 Å². The number of nitrogens with zero attached hydrogens (tertiary/aromatic N) is 3. The fraction of sp³-hybridized carbons (Fsp3) is 0.231. The highest BCUT2D eigenvalue weighted by atomic mass is 19.1. The molecule has 94 valence electrons. The van der Waals surface area contributed by atoms with Gasteiger partial charge in [-0.3, -0.25) is 0 Å². The van der Waals surface area contributed by atoms with Crippen molar-refractivity contribution in [1.29, 1.82) is 0 Å². The first kappa shape index (κ1) is 12.3. The monoisotopic (exact) mass is 246 g/mol. The Morgan fingerprint density at radius 2 is 2.11 bits per heavy atom. The lowest BCUT2D eigenvalue weighted by molar-refractivity contribution is 0.626. The third kappa shape index (κ3) is 3.16. The predicted octanol–water partition coefficient (Wildman–Crippen LogP) is 2.29. The number of benzene rings is 1. The Morgan fingerprint density at radius 3 is 2.83 bits per heavy atom. The Bertz CT molecular complexity index is 528. The quantitative estimate of drug-likeness (QED) is 0.898. The molecular weight excluding hydrogens is 231 g/mol. The molecule has 0 atom stereocenters. The summed E-state index contributed by atoms with van der Waals surface area (Å²) in [6.45, 7) is 0.529. The van der Waals surface area contributed by atoms with E-state index in [4.69, 9.17) is 0 Å². The lowest BCUT2D eigenvalue weighted by atomic mass is 10.2. The van der Waals surface area contributed by atoms with Gasteiger partial charge in [0.25, 0.3) is 0 Å². The maximum Gasteiger partial charge on any atom is 0.226 e. The molecule has 0 aliphatic rings. The first-order valence-electron chi connectivity index (χ1n) is 5.64. The Kier molecular flexibility index (Phi) is 3.72. The van der Waals surface area contributed by atoms with Crippen LogP contribution in [0.5, 0.6) is 0 Å². The average molecular weight is 246 g/mol. The largest absolute Gasteiger partial charge is 0.366 e. The number of halogens is 1. The number of hydrogen-bond donors (Lipinski definition) is 1. The van der Waals surface area contributed by atoms with E-state index >= 15 is 0 Å². The molecule has 0 aliphatic heterocycles. The van der Waals surface area contributed by atoms with Crippen LogP contribution in [-0.2, 0) is 6.54 Å². The lowest BCUT2D eigenvalue weighted by Crippen LogP contribution is -2.13. The fourth-order valence-corrected chi connectivity index (χ4v) is 1.50. The second-order valence-electron chi connectivity index (χ2n) is 4.12. The van der Waals surface area contributed by atoms with E-state index in [0.29, 0.717) is 12.5 Å². The Labute approximate surface area is 105 Å². The normalized spacial score (nSPS) is 10.2. The molecule has 0 saturated carbocycles. The van der Waals surface area contributed by atoms with E-state index in [2.05, 4.69) is 15.3 Å². The molecule has 0 spiro atoms. The van der Waals surface area contributed by atoms with Crippen LogP contribution < -0.4 is 10.2 Å². The minimum absolute atomic E-state index is 0.231. The van der Waals surface area contributed by atoms with Crippen molar-refractivity contribution < 1.29 is 4.39 Å². The van der Waals surface area contributed by atoms with Gasteiger partial charge in [-0.25, -0.2) is 9.37 Å². The van der Waals surface area contributed by atoms with Crippen LogP contribution >= 0.6 is 0 Å². The minimum atomic E-state index is -0.231. The highest BCUT2D eigenvalue weighted by Crippen LogP contribution is 2.10. The molecule has 0 amide bonds. The molecule has 0 radical (unpaired) electrons. The van der Waals surface area contributed by atoms with Crippen LogP contribution in [-0.4, -0.2) is 24.1 Å². The first-order chi connectivity index (χ1) is 8.65. The highest BCUT2D eigenvalue weighted by Gasteiger charge is 2.01. The predicted molar refractivity (Wildman–Crippen MR) is 70.1 cm³/mol. The van der Waals surface area contributed by atoms with Gasteiger partial charge < -0.3 is 10.2 Å². The Morgan fingerprint density at radius 1 is 1.28 bits per heavy atom. The van der Waals surface area contributed by atoms with Crippen LogP contribution in [0.1, 0.15) is 5.56 Å². The van der Waals surface area contributed by atoms with Crippen molar-refractivity contribution in [1.82, 2.24) is 9.97 Å². The van der Waals surface area contributed by atoms with Gasteiger partial charge in [-0.1, -0.05) is 12.1 Å². The standard InChI is InChI=1S/C13H15FN4/c1-18(2)13-15-7-6-12(17-13)16-9-10-4-3-5-11(14)8-10/h3-8H,9H2,1-2H3,(H,15,16,17). The second-order valence-corrected chi connectivity index (χ2v) is 4.12. The number of anilines is 2. The lowest BCUT2D eigenvalue weighted by Gasteiger charge is -2.11. The van der Waals surface area contributed by atoms with Gasteiger partial charge in [0.2, 0.25) is 5.95 Å². The van der Waals surface area contributed by atoms with E-state index in [0.717, 1.165) is 11.4 Å². The molecule has 0 aliphatic carbocycles. The van der Waals surface area contributed by atoms with Gasteiger partial charge in [0.1, 0.15) is 11.6 Å². The molecule has 2 rings (SSSR count). The first-order valence-corrected chi connectivity index (χ1v) is 5.64. The summed E-state index contributed by atoms with van der Waals surface area (Å²) in [5.74, 6) is 1.13. The molecule has 1 aromatic carbocycles. The molecule has 1 aromatic heterocycles. The maximum absolute atomic E-state index is 13.0. The van der Waals surface area contributed by atoms with Gasteiger partial charge in [0, 0.05) is 26.8 Å². The molecule has 2 aromatic rings. The van der Waals surface area contributed by atoms with Crippen molar-refractivity contribution in [2.45, 2.75) is 6.54 Å². The van der Waals surface area contributed by atoms with Gasteiger partial charge in [0.05, 0.1) is 0 Å². The minimum Gasteiger partial charge on any atom is -0.366 e. The van der Waals surface area contributed by atoms with E-state index in [1.54, 1.807) is 18.3 Å². The Balaban J connectivity index is 2.04. The molecule has 4 nitrogen and oxygen atoms in total. The molecule has 18 heavy (non-hydrogen) atoms. The van der Waals surface area contributed by atoms with Crippen molar-refractivity contribution in [3.63, 3.8) is 0 Å². The molecule has 0 unspecified atom stereocenters. The topological polar surface area (TPSA) is 41.1 Å². The number of rotatable bonds is 4. The molecule has 0 saturated heterocycles. The fourth-order valence-electron chi connectivity index (χ4n) is 1.50. The third-order valence-corrected chi connectivity index (χ3v) is 2.41. The van der Waals surface area contributed by atoms with Gasteiger partial charge in [-0.15, -0.1) is 0 Å². The van der Waals surface area contributed by atoms with E-state index in [1.807, 2.05) is 25.1 Å². The highest BCUT2D eigenvalue weighted by molar-refractivity contribution is 5.40. The zero-order valence-corrected chi connectivity index (χ0v) is 10.4. The van der Waals surface area contributed by atoms with Crippen LogP contribution in [0.3, 0.4) is 0 Å². The second kappa shape index (κ2) is 5.44. The van der Waals surface area contributed by atoms with Crippen LogP contribution in [0.2, 0.25) is 0 Å². The van der Waals surface area contributed by atoms with Crippen molar-refractivity contribution >= 4 is 11.8 Å². The molecule has 0 bridgehead atoms. The van der Waals surface area contributed by atoms with Crippen LogP contribution in [0.15, 0.2) is 36.5 Å². The summed E-state index contributed by atoms with van der Waals surface area (Å²) >= 11 is 0. The smallest absolute Gasteiger partial charge is 0.226 e. The molecular formula is C13H15FN4. The molecule has 5 heteroatoms. The van der Waals surface area contributed by atoms with Crippen molar-refractivity contribution in [2.24, 2.45) is 0 Å². The van der Waals surface area contributed by atoms with Gasteiger partial charge in [0.15, 0.2) is 0 Å². The summed E-state index contributed by atoms with van der Waals surface area (Å²) in [7, 11) is 3.76. The summed E-state index contributed by atoms with van der Waals surface area (Å²) in [6, 6.07) is 8.27. The summed E-state index contributed by atoms with van der Waals surface area (Å²) < 4.78 is 13.0. The number of aromatic nitrogens is 2. The van der Waals surface area contributed by atoms with E-state index in [1.165, 1.54) is 12.1 Å². The summed E-state index contributed by atoms with van der Waals surface area (Å²) in [6.07, 6.45) is 1.69. The SMILES string of the molecule is CN(C)c1nccc(NCc2cccc(F)c2)n1. The molecule has 0 fully saturated rings. The summed E-state index contributed by atoms with van der Waals surface area (Å²) in [5, 5.41) is 3.14. The number of nitrogens with one attached hydrogen (secondary N) is 1. The van der Waals surface area contributed by atoms with Crippen LogP contribution in [0, 0.1) is 5.82 Å². The number of hydrogen-bond acceptors (Lipinski definition) is 4. The summed E-state index contributed by atoms with van der Waals surface area (Å²) in [5.41, 5.74) is 0.875. The van der Waals surface area contributed by atoms with E-state index in [-0.39, 0.29) is 5.82 Å². The van der Waals surface area contributed by atoms with Crippen molar-refractivity contribution in [3.05, 3.63) is 47.9 Å². The van der Waals surface area contributed by atoms with Crippen LogP contribution in [0.4, 0.5) is 16.2 Å². The zero-order valence-electron chi connectivity index (χ0n) is 10.4. The van der Waals surface area contributed by atoms with Gasteiger partial charge in [-0.2, -0.15) is 4.98 Å². The third-order valence-electron chi connectivity index (χ3n) is 2.41. The zero-order chi connectivity index (χ0) is 13.0. The summed E-state index contributed by atoms with van der Waals surface area (Å²) in [4.78, 5) is 10.3. The van der Waals surface area contributed by atoms with Crippen molar-refractivity contribution in [2.75, 3.05) is 24.3 Å². The van der Waals surface area contributed by atoms with Gasteiger partial charge >= 0.3 is 0 Å². The average Bonchev–Trinajstić information content (AvgIpc) is 2.37. The van der Waals surface area contributed by atoms with Crippen molar-refractivity contribution in [3.8, 4) is 0 Å². The molecule has 1 heterocycles. The maximum atomic E-state index is 13.0. The van der Waals surface area contributed by atoms with E-state index in [9.17, 15) is 4.39 Å². The van der Waals surface area contributed by atoms with Crippen LogP contribution in [0.25, 0.3) is 0 Å². The van der Waals surface area contributed by atoms with Gasteiger partial charge in [-0.05, 0) is 23.8 Å². The molecule has 1 N–H and O–H groups in total. The Hall–Kier alpha value is -2.17.